The maximum Gasteiger partial charge on any atom is 0.130 e. The van der Waals surface area contributed by atoms with E-state index in [-0.39, 0.29) is 0 Å². The first-order valence-electron chi connectivity index (χ1n) is 6.83. The molecule has 0 aliphatic rings. The third-order valence-electron chi connectivity index (χ3n) is 3.37. The molecule has 2 rings (SSSR count). The minimum absolute atomic E-state index is 0.300. The summed E-state index contributed by atoms with van der Waals surface area (Å²) in [5.74, 6) is -0.401. The molecule has 0 spiro atoms. The van der Waals surface area contributed by atoms with E-state index in [1.807, 2.05) is 24.3 Å². The number of hydrogen-bond acceptors (Lipinski definition) is 1. The van der Waals surface area contributed by atoms with Crippen molar-refractivity contribution in [3.05, 3.63) is 69.4 Å². The van der Waals surface area contributed by atoms with Gasteiger partial charge in [0.1, 0.15) is 11.9 Å². The summed E-state index contributed by atoms with van der Waals surface area (Å²) in [6.07, 6.45) is 2.43. The second kappa shape index (κ2) is 7.00. The van der Waals surface area contributed by atoms with Crippen LogP contribution >= 0.6 is 15.9 Å². The smallest absolute Gasteiger partial charge is 0.130 e. The van der Waals surface area contributed by atoms with Crippen LogP contribution in [0.2, 0.25) is 0 Å². The van der Waals surface area contributed by atoms with Gasteiger partial charge in [0.2, 0.25) is 0 Å². The van der Waals surface area contributed by atoms with Crippen LogP contribution in [0.3, 0.4) is 0 Å². The molecule has 0 aliphatic carbocycles. The van der Waals surface area contributed by atoms with Gasteiger partial charge in [0.25, 0.3) is 0 Å². The zero-order valence-corrected chi connectivity index (χ0v) is 13.0. The predicted octanol–water partition coefficient (Wildman–Crippen LogP) is 5.01. The van der Waals surface area contributed by atoms with Crippen molar-refractivity contribution < 1.29 is 9.50 Å². The van der Waals surface area contributed by atoms with Gasteiger partial charge in [-0.1, -0.05) is 59.6 Å². The lowest BCUT2D eigenvalue weighted by Crippen LogP contribution is -2.02. The van der Waals surface area contributed by atoms with Crippen LogP contribution < -0.4 is 0 Å². The Morgan fingerprint density at radius 3 is 2.45 bits per heavy atom. The van der Waals surface area contributed by atoms with E-state index >= 15 is 0 Å². The zero-order chi connectivity index (χ0) is 14.5. The zero-order valence-electron chi connectivity index (χ0n) is 11.4. The molecule has 0 saturated carbocycles. The summed E-state index contributed by atoms with van der Waals surface area (Å²) in [6, 6.07) is 12.5. The van der Waals surface area contributed by atoms with Crippen molar-refractivity contribution in [2.75, 3.05) is 0 Å². The molecule has 0 fully saturated rings. The maximum absolute atomic E-state index is 13.8. The molecule has 1 unspecified atom stereocenters. The molecule has 0 saturated heterocycles. The highest BCUT2D eigenvalue weighted by molar-refractivity contribution is 9.10. The topological polar surface area (TPSA) is 20.2 Å². The Hall–Kier alpha value is -1.19. The number of benzene rings is 2. The number of aliphatic hydroxyl groups excluding tert-OH is 1. The first kappa shape index (κ1) is 15.2. The molecule has 20 heavy (non-hydrogen) atoms. The number of halogens is 2. The summed E-state index contributed by atoms with van der Waals surface area (Å²) in [6.45, 7) is 2.16. The van der Waals surface area contributed by atoms with Gasteiger partial charge in [-0.2, -0.15) is 0 Å². The molecular weight excluding hydrogens is 319 g/mol. The summed E-state index contributed by atoms with van der Waals surface area (Å²) in [4.78, 5) is 0. The van der Waals surface area contributed by atoms with Gasteiger partial charge in [-0.3, -0.25) is 0 Å². The van der Waals surface area contributed by atoms with E-state index in [9.17, 15) is 9.50 Å². The Kier molecular flexibility index (Phi) is 5.32. The lowest BCUT2D eigenvalue weighted by Gasteiger charge is -2.13. The van der Waals surface area contributed by atoms with Crippen LogP contribution in [0.5, 0.6) is 0 Å². The highest BCUT2D eigenvalue weighted by Gasteiger charge is 2.15. The summed E-state index contributed by atoms with van der Waals surface area (Å²) < 4.78 is 14.5. The van der Waals surface area contributed by atoms with Crippen LogP contribution in [0.1, 0.15) is 42.6 Å². The third kappa shape index (κ3) is 3.68. The fourth-order valence-corrected chi connectivity index (χ4v) is 2.48. The van der Waals surface area contributed by atoms with E-state index in [1.165, 1.54) is 11.6 Å². The van der Waals surface area contributed by atoms with E-state index in [0.717, 1.165) is 19.3 Å². The van der Waals surface area contributed by atoms with Crippen molar-refractivity contribution in [2.45, 2.75) is 32.3 Å². The Morgan fingerprint density at radius 1 is 1.15 bits per heavy atom. The third-order valence-corrected chi connectivity index (χ3v) is 3.86. The van der Waals surface area contributed by atoms with Crippen LogP contribution in [0, 0.1) is 5.82 Å². The average molecular weight is 337 g/mol. The molecule has 2 aromatic carbocycles. The first-order chi connectivity index (χ1) is 9.61. The number of unbranched alkanes of at least 4 members (excludes halogenated alkanes) is 1. The van der Waals surface area contributed by atoms with Crippen molar-refractivity contribution in [3.63, 3.8) is 0 Å². The molecule has 1 N–H and O–H groups in total. The maximum atomic E-state index is 13.8. The fraction of sp³-hybridized carbons (Fsp3) is 0.294. The van der Waals surface area contributed by atoms with Crippen molar-refractivity contribution in [3.8, 4) is 0 Å². The van der Waals surface area contributed by atoms with E-state index in [4.69, 9.17) is 0 Å². The molecular formula is C17H18BrFO. The van der Waals surface area contributed by atoms with Gasteiger partial charge in [-0.05, 0) is 36.1 Å². The molecule has 0 bridgehead atoms. The highest BCUT2D eigenvalue weighted by Crippen LogP contribution is 2.26. The Labute approximate surface area is 127 Å². The monoisotopic (exact) mass is 336 g/mol. The summed E-state index contributed by atoms with van der Waals surface area (Å²) in [7, 11) is 0. The van der Waals surface area contributed by atoms with E-state index in [0.29, 0.717) is 15.6 Å². The minimum Gasteiger partial charge on any atom is -0.384 e. The van der Waals surface area contributed by atoms with Crippen LogP contribution in [-0.4, -0.2) is 5.11 Å². The molecule has 0 aliphatic heterocycles. The van der Waals surface area contributed by atoms with Crippen LogP contribution in [0.25, 0.3) is 0 Å². The van der Waals surface area contributed by atoms with Gasteiger partial charge < -0.3 is 5.11 Å². The summed E-state index contributed by atoms with van der Waals surface area (Å²) in [5, 5.41) is 10.3. The van der Waals surface area contributed by atoms with Gasteiger partial charge in [0.05, 0.1) is 0 Å². The Balaban J connectivity index is 2.18. The fourth-order valence-electron chi connectivity index (χ4n) is 2.15. The summed E-state index contributed by atoms with van der Waals surface area (Å²) in [5.41, 5.74) is 2.26. The van der Waals surface area contributed by atoms with Crippen molar-refractivity contribution >= 4 is 15.9 Å². The van der Waals surface area contributed by atoms with E-state index < -0.39 is 11.9 Å². The Morgan fingerprint density at radius 2 is 1.85 bits per heavy atom. The van der Waals surface area contributed by atoms with Crippen LogP contribution in [0.4, 0.5) is 4.39 Å². The SMILES string of the molecule is CCCCc1ccc(C(O)c2ccc(Br)cc2F)cc1. The van der Waals surface area contributed by atoms with Crippen molar-refractivity contribution in [2.24, 2.45) is 0 Å². The molecule has 1 nitrogen and oxygen atoms in total. The normalized spacial score (nSPS) is 12.4. The summed E-state index contributed by atoms with van der Waals surface area (Å²) >= 11 is 3.21. The lowest BCUT2D eigenvalue weighted by atomic mass is 9.99. The minimum atomic E-state index is -0.927. The second-order valence-electron chi connectivity index (χ2n) is 4.91. The number of aryl methyl sites for hydroxylation is 1. The molecule has 106 valence electrons. The Bertz CT molecular complexity index is 566. The standard InChI is InChI=1S/C17H18BrFO/c1-2-3-4-12-5-7-13(8-6-12)17(20)15-10-9-14(18)11-16(15)19/h5-11,17,20H,2-4H2,1H3. The van der Waals surface area contributed by atoms with Crippen LogP contribution in [-0.2, 0) is 6.42 Å². The van der Waals surface area contributed by atoms with Crippen LogP contribution in [0.15, 0.2) is 46.9 Å². The quantitative estimate of drug-likeness (QED) is 0.813. The molecule has 0 amide bonds. The van der Waals surface area contributed by atoms with Crippen molar-refractivity contribution in [1.29, 1.82) is 0 Å². The number of rotatable bonds is 5. The largest absolute Gasteiger partial charge is 0.384 e. The van der Waals surface area contributed by atoms with Gasteiger partial charge in [0.15, 0.2) is 0 Å². The van der Waals surface area contributed by atoms with E-state index in [1.54, 1.807) is 12.1 Å². The molecule has 1 atom stereocenters. The predicted molar refractivity (Wildman–Crippen MR) is 83.2 cm³/mol. The molecule has 0 radical (unpaired) electrons. The number of aliphatic hydroxyl groups is 1. The molecule has 2 aromatic rings. The van der Waals surface area contributed by atoms with Crippen molar-refractivity contribution in [1.82, 2.24) is 0 Å². The van der Waals surface area contributed by atoms with Gasteiger partial charge >= 0.3 is 0 Å². The molecule has 0 heterocycles. The van der Waals surface area contributed by atoms with E-state index in [2.05, 4.69) is 22.9 Å². The first-order valence-corrected chi connectivity index (χ1v) is 7.63. The van der Waals surface area contributed by atoms with Gasteiger partial charge in [-0.25, -0.2) is 4.39 Å². The highest BCUT2D eigenvalue weighted by atomic mass is 79.9. The molecule has 3 heteroatoms. The molecule has 0 aromatic heterocycles. The number of hydrogen-bond donors (Lipinski definition) is 1. The second-order valence-corrected chi connectivity index (χ2v) is 5.83. The van der Waals surface area contributed by atoms with Gasteiger partial charge in [0, 0.05) is 10.0 Å². The lowest BCUT2D eigenvalue weighted by molar-refractivity contribution is 0.215. The van der Waals surface area contributed by atoms with Gasteiger partial charge in [-0.15, -0.1) is 0 Å². The average Bonchev–Trinajstić information content (AvgIpc) is 2.45.